The zero-order valence-electron chi connectivity index (χ0n) is 9.83. The lowest BCUT2D eigenvalue weighted by atomic mass is 10.3. The van der Waals surface area contributed by atoms with Gasteiger partial charge in [-0.3, -0.25) is 10.1 Å². The molecular weight excluding hydrogens is 272 g/mol. The van der Waals surface area contributed by atoms with E-state index < -0.39 is 4.92 Å². The van der Waals surface area contributed by atoms with Crippen molar-refractivity contribution >= 4 is 23.1 Å². The van der Waals surface area contributed by atoms with Crippen LogP contribution in [0.5, 0.6) is 11.6 Å². The van der Waals surface area contributed by atoms with Gasteiger partial charge in [-0.25, -0.2) is 4.98 Å². The quantitative estimate of drug-likeness (QED) is 0.684. The zero-order valence-corrected chi connectivity index (χ0v) is 10.6. The SMILES string of the molecule is CNc1ncnc(Oc2ccc(Cl)cc2)c1[N+](=O)[O-]. The minimum Gasteiger partial charge on any atom is -0.434 e. The van der Waals surface area contributed by atoms with Crippen LogP contribution in [0.3, 0.4) is 0 Å². The summed E-state index contributed by atoms with van der Waals surface area (Å²) in [5.41, 5.74) is -0.319. The lowest BCUT2D eigenvalue weighted by Crippen LogP contribution is -2.03. The highest BCUT2D eigenvalue weighted by atomic mass is 35.5. The van der Waals surface area contributed by atoms with E-state index in [0.717, 1.165) is 0 Å². The Balaban J connectivity index is 2.39. The number of nitro groups is 1. The van der Waals surface area contributed by atoms with Crippen LogP contribution in [0.15, 0.2) is 30.6 Å². The molecular formula is C11H9ClN4O3. The molecule has 2 aromatic rings. The smallest absolute Gasteiger partial charge is 0.373 e. The van der Waals surface area contributed by atoms with Gasteiger partial charge in [-0.05, 0) is 24.3 Å². The number of aromatic nitrogens is 2. The second kappa shape index (κ2) is 5.49. The number of benzene rings is 1. The van der Waals surface area contributed by atoms with Crippen molar-refractivity contribution in [3.05, 3.63) is 45.7 Å². The van der Waals surface area contributed by atoms with E-state index in [9.17, 15) is 10.1 Å². The fourth-order valence-electron chi connectivity index (χ4n) is 1.40. The molecule has 0 saturated carbocycles. The van der Waals surface area contributed by atoms with Gasteiger partial charge >= 0.3 is 11.6 Å². The van der Waals surface area contributed by atoms with Crippen molar-refractivity contribution in [2.75, 3.05) is 12.4 Å². The van der Waals surface area contributed by atoms with Crippen LogP contribution in [0, 0.1) is 10.1 Å². The number of anilines is 1. The molecule has 1 aromatic heterocycles. The van der Waals surface area contributed by atoms with E-state index in [0.29, 0.717) is 10.8 Å². The van der Waals surface area contributed by atoms with Gasteiger partial charge in [-0.1, -0.05) is 11.6 Å². The summed E-state index contributed by atoms with van der Waals surface area (Å²) in [5.74, 6) is 0.351. The van der Waals surface area contributed by atoms with Crippen LogP contribution in [0.25, 0.3) is 0 Å². The first-order valence-electron chi connectivity index (χ1n) is 5.22. The van der Waals surface area contributed by atoms with Crippen LogP contribution >= 0.6 is 11.6 Å². The lowest BCUT2D eigenvalue weighted by Gasteiger charge is -2.07. The maximum Gasteiger partial charge on any atom is 0.373 e. The van der Waals surface area contributed by atoms with Crippen molar-refractivity contribution in [2.45, 2.75) is 0 Å². The third kappa shape index (κ3) is 2.89. The molecule has 0 unspecified atom stereocenters. The first-order chi connectivity index (χ1) is 9.11. The number of nitrogens with zero attached hydrogens (tertiary/aromatic N) is 3. The summed E-state index contributed by atoms with van der Waals surface area (Å²) in [7, 11) is 1.53. The lowest BCUT2D eigenvalue weighted by molar-refractivity contribution is -0.385. The predicted molar refractivity (Wildman–Crippen MR) is 69.8 cm³/mol. The van der Waals surface area contributed by atoms with Crippen LogP contribution in [0.1, 0.15) is 0 Å². The van der Waals surface area contributed by atoms with Gasteiger partial charge in [0.15, 0.2) is 0 Å². The summed E-state index contributed by atoms with van der Waals surface area (Å²) < 4.78 is 5.38. The van der Waals surface area contributed by atoms with Gasteiger partial charge < -0.3 is 10.1 Å². The average Bonchev–Trinajstić information content (AvgIpc) is 2.40. The van der Waals surface area contributed by atoms with E-state index in [1.165, 1.54) is 13.4 Å². The maximum atomic E-state index is 11.0. The van der Waals surface area contributed by atoms with Crippen LogP contribution < -0.4 is 10.1 Å². The molecule has 1 heterocycles. The first-order valence-corrected chi connectivity index (χ1v) is 5.60. The van der Waals surface area contributed by atoms with Crippen molar-refractivity contribution in [2.24, 2.45) is 0 Å². The largest absolute Gasteiger partial charge is 0.434 e. The van der Waals surface area contributed by atoms with Gasteiger partial charge in [0.2, 0.25) is 5.82 Å². The zero-order chi connectivity index (χ0) is 13.8. The summed E-state index contributed by atoms with van der Waals surface area (Å²) in [6.45, 7) is 0. The molecule has 0 spiro atoms. The minimum atomic E-state index is -0.600. The molecule has 0 radical (unpaired) electrons. The highest BCUT2D eigenvalue weighted by Crippen LogP contribution is 2.33. The molecule has 98 valence electrons. The molecule has 1 N–H and O–H groups in total. The maximum absolute atomic E-state index is 11.0. The summed E-state index contributed by atoms with van der Waals surface area (Å²) >= 11 is 5.74. The van der Waals surface area contributed by atoms with Crippen LogP contribution in [0.2, 0.25) is 5.02 Å². The Bertz CT molecular complexity index is 603. The number of ether oxygens (including phenoxy) is 1. The van der Waals surface area contributed by atoms with Gasteiger partial charge in [0.1, 0.15) is 12.1 Å². The Morgan fingerprint density at radius 3 is 2.58 bits per heavy atom. The van der Waals surface area contributed by atoms with E-state index in [1.54, 1.807) is 24.3 Å². The Kier molecular flexibility index (Phi) is 3.76. The van der Waals surface area contributed by atoms with Crippen molar-refractivity contribution in [3.8, 4) is 11.6 Å². The topological polar surface area (TPSA) is 90.2 Å². The van der Waals surface area contributed by atoms with Gasteiger partial charge in [-0.2, -0.15) is 4.98 Å². The second-order valence-corrected chi connectivity index (χ2v) is 3.88. The third-order valence-corrected chi connectivity index (χ3v) is 2.49. The number of hydrogen-bond donors (Lipinski definition) is 1. The van der Waals surface area contributed by atoms with E-state index >= 15 is 0 Å². The second-order valence-electron chi connectivity index (χ2n) is 3.44. The molecule has 0 saturated heterocycles. The Labute approximate surface area is 113 Å². The van der Waals surface area contributed by atoms with Crippen molar-refractivity contribution < 1.29 is 9.66 Å². The molecule has 1 aromatic carbocycles. The standard InChI is InChI=1S/C11H9ClN4O3/c1-13-10-9(16(17)18)11(15-6-14-10)19-8-4-2-7(12)3-5-8/h2-6H,1H3,(H,13,14,15). The fraction of sp³-hybridized carbons (Fsp3) is 0.0909. The van der Waals surface area contributed by atoms with E-state index in [-0.39, 0.29) is 17.4 Å². The average molecular weight is 281 g/mol. The fourth-order valence-corrected chi connectivity index (χ4v) is 1.53. The van der Waals surface area contributed by atoms with E-state index in [1.807, 2.05) is 0 Å². The molecule has 0 atom stereocenters. The van der Waals surface area contributed by atoms with E-state index in [2.05, 4.69) is 15.3 Å². The van der Waals surface area contributed by atoms with Crippen molar-refractivity contribution in [1.82, 2.24) is 9.97 Å². The summed E-state index contributed by atoms with van der Waals surface area (Å²) in [5, 5.41) is 14.2. The third-order valence-electron chi connectivity index (χ3n) is 2.24. The van der Waals surface area contributed by atoms with Gasteiger partial charge in [-0.15, -0.1) is 0 Å². The minimum absolute atomic E-state index is 0.0870. The van der Waals surface area contributed by atoms with Crippen LogP contribution in [-0.2, 0) is 0 Å². The number of halogens is 1. The highest BCUT2D eigenvalue weighted by molar-refractivity contribution is 6.30. The molecule has 0 aliphatic rings. The Morgan fingerprint density at radius 2 is 2.00 bits per heavy atom. The summed E-state index contributed by atoms with van der Waals surface area (Å²) in [6.07, 6.45) is 1.18. The van der Waals surface area contributed by atoms with Gasteiger partial charge in [0, 0.05) is 12.1 Å². The molecule has 0 aliphatic heterocycles. The molecule has 2 rings (SSSR count). The van der Waals surface area contributed by atoms with Crippen molar-refractivity contribution in [1.29, 1.82) is 0 Å². The number of hydrogen-bond acceptors (Lipinski definition) is 6. The normalized spacial score (nSPS) is 10.0. The molecule has 0 bridgehead atoms. The molecule has 0 amide bonds. The van der Waals surface area contributed by atoms with Crippen molar-refractivity contribution in [3.63, 3.8) is 0 Å². The first kappa shape index (κ1) is 13.0. The summed E-state index contributed by atoms with van der Waals surface area (Å²) in [4.78, 5) is 18.0. The van der Waals surface area contributed by atoms with Gasteiger partial charge in [0.05, 0.1) is 4.92 Å². The van der Waals surface area contributed by atoms with Gasteiger partial charge in [0.25, 0.3) is 0 Å². The van der Waals surface area contributed by atoms with Crippen LogP contribution in [-0.4, -0.2) is 21.9 Å². The molecule has 7 nitrogen and oxygen atoms in total. The number of nitrogens with one attached hydrogen (secondary N) is 1. The number of rotatable bonds is 4. The molecule has 0 aliphatic carbocycles. The monoisotopic (exact) mass is 280 g/mol. The highest BCUT2D eigenvalue weighted by Gasteiger charge is 2.24. The Morgan fingerprint density at radius 1 is 1.32 bits per heavy atom. The molecule has 0 fully saturated rings. The molecule has 19 heavy (non-hydrogen) atoms. The van der Waals surface area contributed by atoms with E-state index in [4.69, 9.17) is 16.3 Å². The van der Waals surface area contributed by atoms with Crippen LogP contribution in [0.4, 0.5) is 11.5 Å². The summed E-state index contributed by atoms with van der Waals surface area (Å²) in [6, 6.07) is 6.41. The Hall–Kier alpha value is -2.41. The molecule has 8 heteroatoms. The predicted octanol–water partition coefficient (Wildman–Crippen LogP) is 2.87.